The number of nitrogens with zero attached hydrogens (tertiary/aromatic N) is 1. The second-order valence-electron chi connectivity index (χ2n) is 3.37. The Morgan fingerprint density at radius 1 is 1.58 bits per heavy atom. The van der Waals surface area contributed by atoms with Gasteiger partial charge in [0.2, 0.25) is 0 Å². The SMILES string of the molecule is CCC[C@H]1CN(CCN)CCO1. The average molecular weight is 172 g/mol. The summed E-state index contributed by atoms with van der Waals surface area (Å²) in [5.74, 6) is 0. The van der Waals surface area contributed by atoms with Gasteiger partial charge in [-0.25, -0.2) is 0 Å². The lowest BCUT2D eigenvalue weighted by Gasteiger charge is -2.32. The molecule has 1 fully saturated rings. The van der Waals surface area contributed by atoms with Gasteiger partial charge in [0.25, 0.3) is 0 Å². The van der Waals surface area contributed by atoms with Crippen LogP contribution < -0.4 is 5.73 Å². The summed E-state index contributed by atoms with van der Waals surface area (Å²) in [5, 5.41) is 0. The van der Waals surface area contributed by atoms with E-state index in [0.29, 0.717) is 6.10 Å². The van der Waals surface area contributed by atoms with Crippen molar-refractivity contribution in [3.63, 3.8) is 0 Å². The maximum atomic E-state index is 5.61. The van der Waals surface area contributed by atoms with Crippen LogP contribution in [0.1, 0.15) is 19.8 Å². The summed E-state index contributed by atoms with van der Waals surface area (Å²) in [6, 6.07) is 0. The normalized spacial score (nSPS) is 26.0. The highest BCUT2D eigenvalue weighted by molar-refractivity contribution is 4.70. The average Bonchev–Trinajstić information content (AvgIpc) is 2.06. The van der Waals surface area contributed by atoms with Crippen LogP contribution in [0.3, 0.4) is 0 Å². The molecule has 0 aromatic heterocycles. The molecule has 12 heavy (non-hydrogen) atoms. The van der Waals surface area contributed by atoms with Gasteiger partial charge in [-0.05, 0) is 6.42 Å². The van der Waals surface area contributed by atoms with Crippen LogP contribution in [0.2, 0.25) is 0 Å². The Morgan fingerprint density at radius 3 is 3.08 bits per heavy atom. The van der Waals surface area contributed by atoms with Crippen molar-refractivity contribution in [3.05, 3.63) is 0 Å². The predicted molar refractivity (Wildman–Crippen MR) is 50.1 cm³/mol. The smallest absolute Gasteiger partial charge is 0.0702 e. The minimum absolute atomic E-state index is 0.454. The van der Waals surface area contributed by atoms with Crippen molar-refractivity contribution >= 4 is 0 Å². The quantitative estimate of drug-likeness (QED) is 0.669. The van der Waals surface area contributed by atoms with Crippen molar-refractivity contribution < 1.29 is 4.74 Å². The Kier molecular flexibility index (Phi) is 4.58. The maximum absolute atomic E-state index is 5.61. The number of hydrogen-bond acceptors (Lipinski definition) is 3. The van der Waals surface area contributed by atoms with Crippen molar-refractivity contribution in [2.45, 2.75) is 25.9 Å². The summed E-state index contributed by atoms with van der Waals surface area (Å²) in [7, 11) is 0. The largest absolute Gasteiger partial charge is 0.376 e. The number of nitrogens with two attached hydrogens (primary N) is 1. The van der Waals surface area contributed by atoms with Gasteiger partial charge in [-0.1, -0.05) is 13.3 Å². The summed E-state index contributed by atoms with van der Waals surface area (Å²) in [5.41, 5.74) is 5.50. The molecule has 0 unspecified atom stereocenters. The number of ether oxygens (including phenoxy) is 1. The second kappa shape index (κ2) is 5.51. The zero-order chi connectivity index (χ0) is 8.81. The molecule has 1 rings (SSSR count). The van der Waals surface area contributed by atoms with Crippen LogP contribution in [0.5, 0.6) is 0 Å². The fourth-order valence-corrected chi connectivity index (χ4v) is 1.66. The van der Waals surface area contributed by atoms with Crippen molar-refractivity contribution in [3.8, 4) is 0 Å². The van der Waals surface area contributed by atoms with Gasteiger partial charge in [-0.2, -0.15) is 0 Å². The van der Waals surface area contributed by atoms with E-state index in [-0.39, 0.29) is 0 Å². The Labute approximate surface area is 74.9 Å². The van der Waals surface area contributed by atoms with E-state index >= 15 is 0 Å². The van der Waals surface area contributed by atoms with Gasteiger partial charge < -0.3 is 10.5 Å². The molecule has 1 saturated heterocycles. The van der Waals surface area contributed by atoms with Crippen LogP contribution >= 0.6 is 0 Å². The molecule has 3 heteroatoms. The van der Waals surface area contributed by atoms with E-state index < -0.39 is 0 Å². The van der Waals surface area contributed by atoms with Crippen LogP contribution in [0.15, 0.2) is 0 Å². The van der Waals surface area contributed by atoms with Crippen LogP contribution in [0.25, 0.3) is 0 Å². The summed E-state index contributed by atoms with van der Waals surface area (Å²) in [4.78, 5) is 2.39. The first-order valence-corrected chi connectivity index (χ1v) is 4.90. The Hall–Kier alpha value is -0.120. The molecule has 1 atom stereocenters. The van der Waals surface area contributed by atoms with Gasteiger partial charge in [0.15, 0.2) is 0 Å². The predicted octanol–water partition coefficient (Wildman–Crippen LogP) is 0.446. The lowest BCUT2D eigenvalue weighted by molar-refractivity contribution is -0.0310. The van der Waals surface area contributed by atoms with Crippen molar-refractivity contribution in [1.29, 1.82) is 0 Å². The second-order valence-corrected chi connectivity index (χ2v) is 3.37. The van der Waals surface area contributed by atoms with Gasteiger partial charge in [0.1, 0.15) is 0 Å². The van der Waals surface area contributed by atoms with Gasteiger partial charge in [0.05, 0.1) is 12.7 Å². The molecule has 0 aromatic carbocycles. The third kappa shape index (κ3) is 3.09. The zero-order valence-electron chi connectivity index (χ0n) is 7.96. The van der Waals surface area contributed by atoms with E-state index in [1.165, 1.54) is 12.8 Å². The van der Waals surface area contributed by atoms with E-state index in [0.717, 1.165) is 32.8 Å². The van der Waals surface area contributed by atoms with Crippen LogP contribution in [-0.2, 0) is 4.74 Å². The molecular weight excluding hydrogens is 152 g/mol. The molecule has 0 radical (unpaired) electrons. The van der Waals surface area contributed by atoms with Gasteiger partial charge in [-0.15, -0.1) is 0 Å². The van der Waals surface area contributed by atoms with Gasteiger partial charge in [0, 0.05) is 26.2 Å². The molecule has 0 aromatic rings. The van der Waals surface area contributed by atoms with Gasteiger partial charge >= 0.3 is 0 Å². The van der Waals surface area contributed by atoms with E-state index in [4.69, 9.17) is 10.5 Å². The van der Waals surface area contributed by atoms with E-state index in [9.17, 15) is 0 Å². The number of morpholine rings is 1. The van der Waals surface area contributed by atoms with Crippen LogP contribution in [-0.4, -0.2) is 43.8 Å². The standard InChI is InChI=1S/C9H20N2O/c1-2-3-9-8-11(5-4-10)6-7-12-9/h9H,2-8,10H2,1H3/t9-/m0/s1. The molecule has 0 saturated carbocycles. The molecule has 1 aliphatic rings. The summed E-state index contributed by atoms with van der Waals surface area (Å²) < 4.78 is 5.61. The first-order valence-electron chi connectivity index (χ1n) is 4.90. The minimum atomic E-state index is 0.454. The van der Waals surface area contributed by atoms with Crippen molar-refractivity contribution in [2.75, 3.05) is 32.8 Å². The number of hydrogen-bond donors (Lipinski definition) is 1. The molecule has 0 aliphatic carbocycles. The minimum Gasteiger partial charge on any atom is -0.376 e. The monoisotopic (exact) mass is 172 g/mol. The van der Waals surface area contributed by atoms with Crippen LogP contribution in [0, 0.1) is 0 Å². The Bertz CT molecular complexity index is 103. The molecule has 0 amide bonds. The van der Waals surface area contributed by atoms with E-state index in [1.807, 2.05) is 0 Å². The topological polar surface area (TPSA) is 38.5 Å². The maximum Gasteiger partial charge on any atom is 0.0702 e. The zero-order valence-corrected chi connectivity index (χ0v) is 7.96. The fourth-order valence-electron chi connectivity index (χ4n) is 1.66. The highest BCUT2D eigenvalue weighted by Gasteiger charge is 2.18. The number of rotatable bonds is 4. The molecule has 1 aliphatic heterocycles. The first kappa shape index (κ1) is 9.96. The molecular formula is C9H20N2O. The van der Waals surface area contributed by atoms with E-state index in [2.05, 4.69) is 11.8 Å². The molecule has 1 heterocycles. The lowest BCUT2D eigenvalue weighted by Crippen LogP contribution is -2.44. The highest BCUT2D eigenvalue weighted by Crippen LogP contribution is 2.09. The third-order valence-electron chi connectivity index (χ3n) is 2.28. The summed E-state index contributed by atoms with van der Waals surface area (Å²) in [6.45, 7) is 6.99. The molecule has 3 nitrogen and oxygen atoms in total. The summed E-state index contributed by atoms with van der Waals surface area (Å²) in [6.07, 6.45) is 2.85. The third-order valence-corrected chi connectivity index (χ3v) is 2.28. The molecule has 0 bridgehead atoms. The fraction of sp³-hybridized carbons (Fsp3) is 1.00. The van der Waals surface area contributed by atoms with E-state index in [1.54, 1.807) is 0 Å². The van der Waals surface area contributed by atoms with Crippen LogP contribution in [0.4, 0.5) is 0 Å². The first-order chi connectivity index (χ1) is 5.86. The van der Waals surface area contributed by atoms with Crippen molar-refractivity contribution in [1.82, 2.24) is 4.90 Å². The molecule has 0 spiro atoms. The van der Waals surface area contributed by atoms with Gasteiger partial charge in [-0.3, -0.25) is 4.90 Å². The summed E-state index contributed by atoms with van der Waals surface area (Å²) >= 11 is 0. The molecule has 72 valence electrons. The highest BCUT2D eigenvalue weighted by atomic mass is 16.5. The van der Waals surface area contributed by atoms with Crippen molar-refractivity contribution in [2.24, 2.45) is 5.73 Å². The Balaban J connectivity index is 2.20. The molecule has 2 N–H and O–H groups in total. The lowest BCUT2D eigenvalue weighted by atomic mass is 10.2. The Morgan fingerprint density at radius 2 is 2.42 bits per heavy atom.